The Morgan fingerprint density at radius 3 is 2.50 bits per heavy atom. The lowest BCUT2D eigenvalue weighted by Crippen LogP contribution is -2.38. The lowest BCUT2D eigenvalue weighted by molar-refractivity contribution is 0.0609. The van der Waals surface area contributed by atoms with Gasteiger partial charge in [0.2, 0.25) is 0 Å². The van der Waals surface area contributed by atoms with E-state index in [-0.39, 0.29) is 11.9 Å². The van der Waals surface area contributed by atoms with Crippen LogP contribution in [0.2, 0.25) is 0 Å². The number of anilines is 1. The van der Waals surface area contributed by atoms with E-state index in [1.165, 1.54) is 0 Å². The molecule has 0 bridgehead atoms. The van der Waals surface area contributed by atoms with Gasteiger partial charge in [-0.2, -0.15) is 0 Å². The number of rotatable bonds is 3. The quantitative estimate of drug-likeness (QED) is 0.829. The fourth-order valence-corrected chi connectivity index (χ4v) is 3.35. The molecule has 6 heteroatoms. The lowest BCUT2D eigenvalue weighted by atomic mass is 9.95. The minimum atomic E-state index is -0.565. The van der Waals surface area contributed by atoms with E-state index in [0.717, 1.165) is 31.4 Å². The number of ether oxygens (including phenoxy) is 1. The van der Waals surface area contributed by atoms with E-state index in [4.69, 9.17) is 4.74 Å². The standard InChI is InChI=1S/C22H27N3O3/c1-22(2,3)28-21(27)24-19-13-12-17(15-23-19)18-11-7-8-14-25(18)20(26)16-9-5-4-6-10-16/h4-6,9-10,12-13,15,18H,7-8,11,14H2,1-3H3,(H,23,24,27). The maximum absolute atomic E-state index is 13.0. The molecule has 1 aromatic carbocycles. The molecule has 148 valence electrons. The van der Waals surface area contributed by atoms with Crippen LogP contribution >= 0.6 is 0 Å². The molecular formula is C22H27N3O3. The van der Waals surface area contributed by atoms with Crippen molar-refractivity contribution in [2.45, 2.75) is 51.7 Å². The largest absolute Gasteiger partial charge is 0.444 e. The van der Waals surface area contributed by atoms with Crippen molar-refractivity contribution in [1.29, 1.82) is 0 Å². The molecule has 28 heavy (non-hydrogen) atoms. The van der Waals surface area contributed by atoms with Gasteiger partial charge in [-0.05, 0) is 63.8 Å². The Hall–Kier alpha value is -2.89. The van der Waals surface area contributed by atoms with E-state index in [1.807, 2.05) is 62.1 Å². The van der Waals surface area contributed by atoms with Crippen molar-refractivity contribution in [3.63, 3.8) is 0 Å². The zero-order chi connectivity index (χ0) is 20.1. The molecule has 1 atom stereocenters. The van der Waals surface area contributed by atoms with Crippen LogP contribution in [0.15, 0.2) is 48.7 Å². The number of hydrogen-bond acceptors (Lipinski definition) is 4. The van der Waals surface area contributed by atoms with Gasteiger partial charge in [0.25, 0.3) is 5.91 Å². The highest BCUT2D eigenvalue weighted by atomic mass is 16.6. The number of nitrogens with one attached hydrogen (secondary N) is 1. The fraction of sp³-hybridized carbons (Fsp3) is 0.409. The first-order valence-electron chi connectivity index (χ1n) is 9.65. The Balaban J connectivity index is 1.72. The van der Waals surface area contributed by atoms with Crippen LogP contribution < -0.4 is 5.32 Å². The topological polar surface area (TPSA) is 71.5 Å². The number of likely N-dealkylation sites (tertiary alicyclic amines) is 1. The molecule has 2 amide bonds. The number of hydrogen-bond donors (Lipinski definition) is 1. The van der Waals surface area contributed by atoms with E-state index in [9.17, 15) is 9.59 Å². The smallest absolute Gasteiger partial charge is 0.413 e. The van der Waals surface area contributed by atoms with Gasteiger partial charge in [0.1, 0.15) is 11.4 Å². The van der Waals surface area contributed by atoms with Crippen LogP contribution in [0, 0.1) is 0 Å². The molecule has 1 aliphatic heterocycles. The van der Waals surface area contributed by atoms with Crippen molar-refractivity contribution in [2.24, 2.45) is 0 Å². The third-order valence-electron chi connectivity index (χ3n) is 4.58. The van der Waals surface area contributed by atoms with Crippen molar-refractivity contribution in [3.05, 3.63) is 59.8 Å². The van der Waals surface area contributed by atoms with Crippen molar-refractivity contribution in [2.75, 3.05) is 11.9 Å². The van der Waals surface area contributed by atoms with Gasteiger partial charge in [0.15, 0.2) is 0 Å². The zero-order valence-electron chi connectivity index (χ0n) is 16.6. The predicted octanol–water partition coefficient (Wildman–Crippen LogP) is 4.80. The molecule has 0 saturated carbocycles. The number of nitrogens with zero attached hydrogens (tertiary/aromatic N) is 2. The van der Waals surface area contributed by atoms with Crippen LogP contribution in [0.5, 0.6) is 0 Å². The van der Waals surface area contributed by atoms with E-state index < -0.39 is 11.7 Å². The summed E-state index contributed by atoms with van der Waals surface area (Å²) in [5.74, 6) is 0.469. The number of benzene rings is 1. The zero-order valence-corrected chi connectivity index (χ0v) is 16.6. The Morgan fingerprint density at radius 1 is 1.11 bits per heavy atom. The Kier molecular flexibility index (Phi) is 5.97. The summed E-state index contributed by atoms with van der Waals surface area (Å²) in [5.41, 5.74) is 1.11. The summed E-state index contributed by atoms with van der Waals surface area (Å²) in [6.45, 7) is 6.16. The van der Waals surface area contributed by atoms with Gasteiger partial charge in [-0.15, -0.1) is 0 Å². The summed E-state index contributed by atoms with van der Waals surface area (Å²) < 4.78 is 5.24. The minimum Gasteiger partial charge on any atom is -0.444 e. The van der Waals surface area contributed by atoms with Gasteiger partial charge < -0.3 is 9.64 Å². The summed E-state index contributed by atoms with van der Waals surface area (Å²) in [6, 6.07) is 13.0. The normalized spacial score (nSPS) is 17.1. The molecule has 1 saturated heterocycles. The molecule has 1 aromatic heterocycles. The van der Waals surface area contributed by atoms with Gasteiger partial charge in [-0.1, -0.05) is 24.3 Å². The first-order valence-corrected chi connectivity index (χ1v) is 9.65. The molecule has 6 nitrogen and oxygen atoms in total. The van der Waals surface area contributed by atoms with Crippen molar-refractivity contribution in [3.8, 4) is 0 Å². The molecule has 2 aromatic rings. The summed E-state index contributed by atoms with van der Waals surface area (Å²) >= 11 is 0. The van der Waals surface area contributed by atoms with Crippen LogP contribution in [0.3, 0.4) is 0 Å². The van der Waals surface area contributed by atoms with Crippen molar-refractivity contribution >= 4 is 17.8 Å². The number of piperidine rings is 1. The molecular weight excluding hydrogens is 354 g/mol. The number of aromatic nitrogens is 1. The van der Waals surface area contributed by atoms with Crippen LogP contribution in [0.25, 0.3) is 0 Å². The molecule has 1 N–H and O–H groups in total. The average Bonchev–Trinajstić information content (AvgIpc) is 2.67. The number of amides is 2. The van der Waals surface area contributed by atoms with Crippen LogP contribution in [0.4, 0.5) is 10.6 Å². The van der Waals surface area contributed by atoms with E-state index in [0.29, 0.717) is 11.4 Å². The van der Waals surface area contributed by atoms with E-state index in [1.54, 1.807) is 12.3 Å². The SMILES string of the molecule is CC(C)(C)OC(=O)Nc1ccc(C2CCCCN2C(=O)c2ccccc2)cn1. The Morgan fingerprint density at radius 2 is 1.86 bits per heavy atom. The molecule has 0 aliphatic carbocycles. The second kappa shape index (κ2) is 8.42. The first-order chi connectivity index (χ1) is 13.3. The second-order valence-electron chi connectivity index (χ2n) is 7.98. The predicted molar refractivity (Wildman–Crippen MR) is 108 cm³/mol. The summed E-state index contributed by atoms with van der Waals surface area (Å²) in [6.07, 6.45) is 4.17. The molecule has 1 unspecified atom stereocenters. The van der Waals surface area contributed by atoms with Gasteiger partial charge in [0, 0.05) is 18.3 Å². The molecule has 0 spiro atoms. The molecule has 1 aliphatic rings. The van der Waals surface area contributed by atoms with E-state index in [2.05, 4.69) is 10.3 Å². The highest BCUT2D eigenvalue weighted by Gasteiger charge is 2.29. The number of pyridine rings is 1. The monoisotopic (exact) mass is 381 g/mol. The Labute approximate surface area is 165 Å². The number of carbonyl (C=O) groups excluding carboxylic acids is 2. The van der Waals surface area contributed by atoms with Gasteiger partial charge >= 0.3 is 6.09 Å². The summed E-state index contributed by atoms with van der Waals surface area (Å²) in [7, 11) is 0. The Bertz CT molecular complexity index is 813. The van der Waals surface area contributed by atoms with Crippen LogP contribution in [-0.4, -0.2) is 34.0 Å². The average molecular weight is 381 g/mol. The molecule has 2 heterocycles. The lowest BCUT2D eigenvalue weighted by Gasteiger charge is -2.36. The fourth-order valence-electron chi connectivity index (χ4n) is 3.35. The third-order valence-corrected chi connectivity index (χ3v) is 4.58. The summed E-state index contributed by atoms with van der Waals surface area (Å²) in [5, 5.41) is 2.64. The molecule has 3 rings (SSSR count). The van der Waals surface area contributed by atoms with Crippen molar-refractivity contribution < 1.29 is 14.3 Å². The van der Waals surface area contributed by atoms with Crippen LogP contribution in [-0.2, 0) is 4.74 Å². The number of carbonyl (C=O) groups is 2. The van der Waals surface area contributed by atoms with Crippen molar-refractivity contribution in [1.82, 2.24) is 9.88 Å². The maximum atomic E-state index is 13.0. The highest BCUT2D eigenvalue weighted by molar-refractivity contribution is 5.94. The van der Waals surface area contributed by atoms with Gasteiger partial charge in [0.05, 0.1) is 6.04 Å². The molecule has 0 radical (unpaired) electrons. The first kappa shape index (κ1) is 19.9. The maximum Gasteiger partial charge on any atom is 0.413 e. The van der Waals surface area contributed by atoms with E-state index >= 15 is 0 Å². The van der Waals surface area contributed by atoms with Gasteiger partial charge in [-0.3, -0.25) is 10.1 Å². The van der Waals surface area contributed by atoms with Gasteiger partial charge in [-0.25, -0.2) is 9.78 Å². The molecule has 1 fully saturated rings. The van der Waals surface area contributed by atoms with Crippen LogP contribution in [0.1, 0.15) is 62.0 Å². The highest BCUT2D eigenvalue weighted by Crippen LogP contribution is 2.32. The minimum absolute atomic E-state index is 0.00969. The summed E-state index contributed by atoms with van der Waals surface area (Å²) in [4.78, 5) is 31.1. The third kappa shape index (κ3) is 5.09. The second-order valence-corrected chi connectivity index (χ2v) is 7.98.